The summed E-state index contributed by atoms with van der Waals surface area (Å²) in [5.74, 6) is 2.49. The lowest BCUT2D eigenvalue weighted by molar-refractivity contribution is 0.547. The van der Waals surface area contributed by atoms with Gasteiger partial charge in [0.05, 0.1) is 0 Å². The molecule has 0 saturated carbocycles. The molecule has 0 aliphatic carbocycles. The molecule has 4 nitrogen and oxygen atoms in total. The minimum atomic E-state index is -0.248. The highest BCUT2D eigenvalue weighted by Crippen LogP contribution is 2.26. The molecule has 1 aromatic heterocycles. The van der Waals surface area contributed by atoms with Crippen molar-refractivity contribution < 1.29 is 8.81 Å². The van der Waals surface area contributed by atoms with Crippen LogP contribution >= 0.6 is 35.7 Å². The van der Waals surface area contributed by atoms with E-state index in [1.54, 1.807) is 6.07 Å². The molecule has 0 spiro atoms. The summed E-state index contributed by atoms with van der Waals surface area (Å²) in [5.41, 5.74) is 1.65. The van der Waals surface area contributed by atoms with Gasteiger partial charge in [0.1, 0.15) is 23.7 Å². The first-order chi connectivity index (χ1) is 11.7. The van der Waals surface area contributed by atoms with E-state index >= 15 is 0 Å². The van der Waals surface area contributed by atoms with Crippen molar-refractivity contribution in [2.24, 2.45) is 4.99 Å². The van der Waals surface area contributed by atoms with Crippen molar-refractivity contribution in [1.29, 1.82) is 0 Å². The number of hydrogen-bond donors (Lipinski definition) is 2. The molecule has 0 radical (unpaired) electrons. The van der Waals surface area contributed by atoms with Crippen LogP contribution in [-0.4, -0.2) is 31.1 Å². The van der Waals surface area contributed by atoms with Crippen molar-refractivity contribution in [3.63, 3.8) is 0 Å². The third-order valence-corrected chi connectivity index (χ3v) is 4.49. The summed E-state index contributed by atoms with van der Waals surface area (Å²) in [4.78, 5) is 4.58. The number of thioether (sulfide) groups is 1. The molecular formula is C18H27FIN3OS. The van der Waals surface area contributed by atoms with Crippen LogP contribution < -0.4 is 10.6 Å². The van der Waals surface area contributed by atoms with Crippen LogP contribution in [0.1, 0.15) is 31.1 Å². The molecule has 1 aromatic carbocycles. The van der Waals surface area contributed by atoms with Crippen LogP contribution in [0.3, 0.4) is 0 Å². The van der Waals surface area contributed by atoms with Gasteiger partial charge in [-0.2, -0.15) is 11.8 Å². The fourth-order valence-electron chi connectivity index (χ4n) is 2.47. The van der Waals surface area contributed by atoms with E-state index in [1.165, 1.54) is 24.3 Å². The quantitative estimate of drug-likeness (QED) is 0.250. The number of aryl methyl sites for hydroxylation is 1. The van der Waals surface area contributed by atoms with E-state index in [4.69, 9.17) is 4.42 Å². The predicted octanol–water partition coefficient (Wildman–Crippen LogP) is 4.70. The first kappa shape index (κ1) is 22.1. The summed E-state index contributed by atoms with van der Waals surface area (Å²) in [6.45, 7) is 6.12. The van der Waals surface area contributed by atoms with Crippen LogP contribution in [0, 0.1) is 12.7 Å². The maximum atomic E-state index is 13.4. The summed E-state index contributed by atoms with van der Waals surface area (Å²) in [7, 11) is 0. The third kappa shape index (κ3) is 6.69. The van der Waals surface area contributed by atoms with E-state index in [0.29, 0.717) is 12.1 Å². The normalized spacial score (nSPS) is 11.4. The number of nitrogens with zero attached hydrogens (tertiary/aromatic N) is 1. The molecular weight excluding hydrogens is 452 g/mol. The lowest BCUT2D eigenvalue weighted by Gasteiger charge is -2.10. The van der Waals surface area contributed by atoms with E-state index in [2.05, 4.69) is 21.9 Å². The van der Waals surface area contributed by atoms with Gasteiger partial charge in [-0.1, -0.05) is 0 Å². The molecule has 0 amide bonds. The minimum absolute atomic E-state index is 0. The van der Waals surface area contributed by atoms with Gasteiger partial charge < -0.3 is 15.1 Å². The SMILES string of the molecule is CCNC(=NCc1oc2ccc(F)cc2c1C)NCCCCSC.I. The Morgan fingerprint density at radius 1 is 1.28 bits per heavy atom. The number of rotatable bonds is 8. The molecule has 7 heteroatoms. The first-order valence-electron chi connectivity index (χ1n) is 8.34. The summed E-state index contributed by atoms with van der Waals surface area (Å²) in [6, 6.07) is 4.59. The highest BCUT2D eigenvalue weighted by atomic mass is 127. The molecule has 0 bridgehead atoms. The lowest BCUT2D eigenvalue weighted by atomic mass is 10.1. The van der Waals surface area contributed by atoms with Gasteiger partial charge in [-0.3, -0.25) is 0 Å². The minimum Gasteiger partial charge on any atom is -0.459 e. The average Bonchev–Trinajstić information content (AvgIpc) is 2.88. The summed E-state index contributed by atoms with van der Waals surface area (Å²) >= 11 is 1.87. The molecule has 0 unspecified atom stereocenters. The summed E-state index contributed by atoms with van der Waals surface area (Å²) in [5, 5.41) is 7.39. The maximum Gasteiger partial charge on any atom is 0.191 e. The first-order valence-corrected chi connectivity index (χ1v) is 9.73. The Balaban J connectivity index is 0.00000312. The molecule has 0 atom stereocenters. The van der Waals surface area contributed by atoms with Gasteiger partial charge in [-0.05, 0) is 56.9 Å². The topological polar surface area (TPSA) is 49.6 Å². The van der Waals surface area contributed by atoms with Crippen LogP contribution in [0.5, 0.6) is 0 Å². The number of unbranched alkanes of at least 4 members (excludes halogenated alkanes) is 1. The number of halogens is 2. The van der Waals surface area contributed by atoms with Crippen molar-refractivity contribution >= 4 is 52.7 Å². The molecule has 2 aromatic rings. The fourth-order valence-corrected chi connectivity index (χ4v) is 2.96. The van der Waals surface area contributed by atoms with Gasteiger partial charge in [-0.15, -0.1) is 24.0 Å². The van der Waals surface area contributed by atoms with Gasteiger partial charge in [0.2, 0.25) is 0 Å². The van der Waals surface area contributed by atoms with Gasteiger partial charge in [-0.25, -0.2) is 9.38 Å². The maximum absolute atomic E-state index is 13.4. The zero-order valence-corrected chi connectivity index (χ0v) is 18.2. The molecule has 25 heavy (non-hydrogen) atoms. The number of aliphatic imine (C=N–C) groups is 1. The van der Waals surface area contributed by atoms with Crippen LogP contribution in [0.4, 0.5) is 4.39 Å². The van der Waals surface area contributed by atoms with E-state index in [-0.39, 0.29) is 29.8 Å². The predicted molar refractivity (Wildman–Crippen MR) is 117 cm³/mol. The number of nitrogens with one attached hydrogen (secondary N) is 2. The van der Waals surface area contributed by atoms with Crippen molar-refractivity contribution in [1.82, 2.24) is 10.6 Å². The second-order valence-electron chi connectivity index (χ2n) is 5.61. The Morgan fingerprint density at radius 3 is 2.80 bits per heavy atom. The van der Waals surface area contributed by atoms with Gasteiger partial charge in [0, 0.05) is 24.0 Å². The summed E-state index contributed by atoms with van der Waals surface area (Å²) < 4.78 is 19.2. The molecule has 0 aliphatic heterocycles. The van der Waals surface area contributed by atoms with E-state index < -0.39 is 0 Å². The Morgan fingerprint density at radius 2 is 2.08 bits per heavy atom. The van der Waals surface area contributed by atoms with Crippen LogP contribution in [0.25, 0.3) is 11.0 Å². The van der Waals surface area contributed by atoms with Gasteiger partial charge >= 0.3 is 0 Å². The Bertz CT molecular complexity index is 690. The second-order valence-corrected chi connectivity index (χ2v) is 6.60. The smallest absolute Gasteiger partial charge is 0.191 e. The Hall–Kier alpha value is -0.960. The van der Waals surface area contributed by atoms with Gasteiger partial charge in [0.25, 0.3) is 0 Å². The Kier molecular flexibility index (Phi) is 10.3. The second kappa shape index (κ2) is 11.6. The molecule has 140 valence electrons. The molecule has 2 rings (SSSR count). The molecule has 1 heterocycles. The number of benzene rings is 1. The molecule has 0 fully saturated rings. The number of guanidine groups is 1. The van der Waals surface area contributed by atoms with Crippen molar-refractivity contribution in [2.75, 3.05) is 25.1 Å². The van der Waals surface area contributed by atoms with Crippen molar-refractivity contribution in [2.45, 2.75) is 33.2 Å². The average molecular weight is 479 g/mol. The zero-order valence-electron chi connectivity index (χ0n) is 15.0. The summed E-state index contributed by atoms with van der Waals surface area (Å²) in [6.07, 6.45) is 4.44. The molecule has 0 saturated heterocycles. The van der Waals surface area contributed by atoms with Gasteiger partial charge in [0.15, 0.2) is 5.96 Å². The number of furan rings is 1. The number of hydrogen-bond acceptors (Lipinski definition) is 3. The van der Waals surface area contributed by atoms with Crippen LogP contribution in [0.2, 0.25) is 0 Å². The van der Waals surface area contributed by atoms with Crippen molar-refractivity contribution in [3.8, 4) is 0 Å². The Labute approximate surface area is 170 Å². The van der Waals surface area contributed by atoms with Crippen molar-refractivity contribution in [3.05, 3.63) is 35.3 Å². The van der Waals surface area contributed by atoms with E-state index in [0.717, 1.165) is 42.2 Å². The third-order valence-electron chi connectivity index (χ3n) is 3.79. The largest absolute Gasteiger partial charge is 0.459 e. The molecule has 0 aliphatic rings. The standard InChI is InChI=1S/C18H26FN3OS.HI/c1-4-20-18(21-9-5-6-10-24-3)22-12-17-13(2)15-11-14(19)7-8-16(15)23-17;/h7-8,11H,4-6,9-10,12H2,1-3H3,(H2,20,21,22);1H. The number of fused-ring (bicyclic) bond motifs is 1. The lowest BCUT2D eigenvalue weighted by Crippen LogP contribution is -2.37. The molecule has 2 N–H and O–H groups in total. The van der Waals surface area contributed by atoms with E-state index in [9.17, 15) is 4.39 Å². The van der Waals surface area contributed by atoms with E-state index in [1.807, 2.05) is 25.6 Å². The van der Waals surface area contributed by atoms with Crippen LogP contribution in [-0.2, 0) is 6.54 Å². The fraction of sp³-hybridized carbons (Fsp3) is 0.500. The van der Waals surface area contributed by atoms with Crippen LogP contribution in [0.15, 0.2) is 27.6 Å². The highest BCUT2D eigenvalue weighted by molar-refractivity contribution is 14.0. The zero-order chi connectivity index (χ0) is 17.4. The highest BCUT2D eigenvalue weighted by Gasteiger charge is 2.11. The monoisotopic (exact) mass is 479 g/mol.